The molecule has 0 aliphatic carbocycles. The van der Waals surface area contributed by atoms with Gasteiger partial charge in [-0.05, 0) is 23.6 Å². The summed E-state index contributed by atoms with van der Waals surface area (Å²) in [6, 6.07) is 11.3. The Balaban J connectivity index is 1.63. The normalized spacial score (nSPS) is 16.8. The number of ether oxygens (including phenoxy) is 2. The minimum atomic E-state index is -0.140. The molecule has 4 nitrogen and oxygen atoms in total. The number of likely N-dealkylation sites (N-methyl/N-ethyl adjacent to an activating group) is 1. The fourth-order valence-electron chi connectivity index (χ4n) is 2.13. The summed E-state index contributed by atoms with van der Waals surface area (Å²) in [5.74, 6) is 1.51. The maximum absolute atomic E-state index is 12.2. The first-order chi connectivity index (χ1) is 9.74. The Labute approximate surface area is 121 Å². The molecule has 1 unspecified atom stereocenters. The molecular weight excluding hydrogens is 274 g/mol. The minimum Gasteiger partial charge on any atom is -0.486 e. The van der Waals surface area contributed by atoms with Crippen molar-refractivity contribution in [3.63, 3.8) is 0 Å². The molecule has 0 saturated heterocycles. The van der Waals surface area contributed by atoms with Crippen LogP contribution >= 0.6 is 11.3 Å². The number of fused-ring (bicyclic) bond motifs is 1. The van der Waals surface area contributed by atoms with Crippen molar-refractivity contribution < 1.29 is 14.3 Å². The van der Waals surface area contributed by atoms with Crippen LogP contribution in [0.5, 0.6) is 11.5 Å². The largest absolute Gasteiger partial charge is 0.486 e. The van der Waals surface area contributed by atoms with Crippen molar-refractivity contribution in [2.45, 2.75) is 6.10 Å². The highest BCUT2D eigenvalue weighted by atomic mass is 32.1. The van der Waals surface area contributed by atoms with Crippen LogP contribution in [0.25, 0.3) is 0 Å². The quantitative estimate of drug-likeness (QED) is 0.872. The van der Waals surface area contributed by atoms with Crippen molar-refractivity contribution in [1.82, 2.24) is 4.90 Å². The van der Waals surface area contributed by atoms with Gasteiger partial charge >= 0.3 is 0 Å². The Hall–Kier alpha value is -2.01. The van der Waals surface area contributed by atoms with E-state index in [1.165, 1.54) is 11.3 Å². The van der Waals surface area contributed by atoms with Crippen molar-refractivity contribution >= 4 is 17.2 Å². The Kier molecular flexibility index (Phi) is 3.60. The highest BCUT2D eigenvalue weighted by molar-refractivity contribution is 7.12. The van der Waals surface area contributed by atoms with Crippen molar-refractivity contribution in [2.24, 2.45) is 0 Å². The van der Waals surface area contributed by atoms with E-state index in [1.807, 2.05) is 41.8 Å². The van der Waals surface area contributed by atoms with E-state index in [4.69, 9.17) is 9.47 Å². The smallest absolute Gasteiger partial charge is 0.263 e. The zero-order valence-corrected chi connectivity index (χ0v) is 11.9. The topological polar surface area (TPSA) is 38.8 Å². The second kappa shape index (κ2) is 5.54. The third kappa shape index (κ3) is 2.63. The number of para-hydroxylation sites is 2. The fraction of sp³-hybridized carbons (Fsp3) is 0.267. The highest BCUT2D eigenvalue weighted by Crippen LogP contribution is 2.31. The maximum Gasteiger partial charge on any atom is 0.263 e. The van der Waals surface area contributed by atoms with Gasteiger partial charge in [0.05, 0.1) is 11.4 Å². The van der Waals surface area contributed by atoms with Crippen molar-refractivity contribution in [3.8, 4) is 11.5 Å². The lowest BCUT2D eigenvalue weighted by molar-refractivity contribution is 0.0524. The van der Waals surface area contributed by atoms with Gasteiger partial charge in [0, 0.05) is 7.05 Å². The lowest BCUT2D eigenvalue weighted by Crippen LogP contribution is -2.41. The second-order valence-electron chi connectivity index (χ2n) is 4.66. The summed E-state index contributed by atoms with van der Waals surface area (Å²) in [6.07, 6.45) is -0.140. The zero-order valence-electron chi connectivity index (χ0n) is 11.1. The summed E-state index contributed by atoms with van der Waals surface area (Å²) >= 11 is 1.45. The van der Waals surface area contributed by atoms with Crippen LogP contribution in [0.2, 0.25) is 0 Å². The molecule has 1 aromatic heterocycles. The van der Waals surface area contributed by atoms with E-state index in [1.54, 1.807) is 11.9 Å². The molecule has 104 valence electrons. The summed E-state index contributed by atoms with van der Waals surface area (Å²) in [5.41, 5.74) is 0. The highest BCUT2D eigenvalue weighted by Gasteiger charge is 2.24. The molecular formula is C15H15NO3S. The van der Waals surface area contributed by atoms with Crippen LogP contribution in [-0.2, 0) is 0 Å². The number of rotatable bonds is 3. The van der Waals surface area contributed by atoms with Gasteiger partial charge in [0.1, 0.15) is 6.61 Å². The molecule has 0 fully saturated rings. The van der Waals surface area contributed by atoms with E-state index in [0.29, 0.717) is 13.2 Å². The average molecular weight is 289 g/mol. The van der Waals surface area contributed by atoms with Crippen molar-refractivity contribution in [3.05, 3.63) is 46.7 Å². The predicted octanol–water partition coefficient (Wildman–Crippen LogP) is 2.66. The Morgan fingerprint density at radius 1 is 1.30 bits per heavy atom. The van der Waals surface area contributed by atoms with Crippen LogP contribution in [0.15, 0.2) is 41.8 Å². The summed E-state index contributed by atoms with van der Waals surface area (Å²) in [5, 5.41) is 1.90. The number of benzene rings is 1. The van der Waals surface area contributed by atoms with E-state index in [2.05, 4.69) is 0 Å². The molecule has 0 bridgehead atoms. The molecule has 3 rings (SSSR count). The molecule has 0 saturated carbocycles. The van der Waals surface area contributed by atoms with Crippen LogP contribution in [0, 0.1) is 0 Å². The first kappa shape index (κ1) is 13.0. The molecule has 1 atom stereocenters. The monoisotopic (exact) mass is 289 g/mol. The second-order valence-corrected chi connectivity index (χ2v) is 5.61. The number of hydrogen-bond donors (Lipinski definition) is 0. The molecule has 0 N–H and O–H groups in total. The van der Waals surface area contributed by atoms with Gasteiger partial charge in [0.25, 0.3) is 5.91 Å². The molecule has 0 radical (unpaired) electrons. The molecule has 5 heteroatoms. The average Bonchev–Trinajstić information content (AvgIpc) is 3.00. The first-order valence-electron chi connectivity index (χ1n) is 6.41. The van der Waals surface area contributed by atoms with Gasteiger partial charge in [-0.3, -0.25) is 4.79 Å². The molecule has 1 aliphatic rings. The Morgan fingerprint density at radius 2 is 2.10 bits per heavy atom. The zero-order chi connectivity index (χ0) is 13.9. The molecule has 2 heterocycles. The number of hydrogen-bond acceptors (Lipinski definition) is 4. The van der Waals surface area contributed by atoms with Crippen LogP contribution < -0.4 is 9.47 Å². The molecule has 0 spiro atoms. The summed E-state index contributed by atoms with van der Waals surface area (Å²) in [4.78, 5) is 14.6. The number of nitrogens with zero attached hydrogens (tertiary/aromatic N) is 1. The van der Waals surface area contributed by atoms with E-state index in [9.17, 15) is 4.79 Å². The molecule has 20 heavy (non-hydrogen) atoms. The van der Waals surface area contributed by atoms with E-state index in [0.717, 1.165) is 16.4 Å². The maximum atomic E-state index is 12.2. The van der Waals surface area contributed by atoms with Gasteiger partial charge in [0.2, 0.25) is 0 Å². The minimum absolute atomic E-state index is 0.0162. The van der Waals surface area contributed by atoms with E-state index in [-0.39, 0.29) is 12.0 Å². The van der Waals surface area contributed by atoms with E-state index >= 15 is 0 Å². The third-order valence-corrected chi connectivity index (χ3v) is 3.98. The first-order valence-corrected chi connectivity index (χ1v) is 7.29. The van der Waals surface area contributed by atoms with Crippen LogP contribution in [0.3, 0.4) is 0 Å². The number of carbonyl (C=O) groups is 1. The number of carbonyl (C=O) groups excluding carboxylic acids is 1. The standard InChI is InChI=1S/C15H15NO3S/c1-16(15(17)14-7-4-8-20-14)9-11-10-18-12-5-2-3-6-13(12)19-11/h2-8,11H,9-10H2,1H3. The van der Waals surface area contributed by atoms with E-state index < -0.39 is 0 Å². The fourth-order valence-corrected chi connectivity index (χ4v) is 2.85. The SMILES string of the molecule is CN(CC1COc2ccccc2O1)C(=O)c1cccs1. The van der Waals surface area contributed by atoms with Gasteiger partial charge in [0.15, 0.2) is 17.6 Å². The summed E-state index contributed by atoms with van der Waals surface area (Å²) in [7, 11) is 1.78. The Bertz CT molecular complexity index is 597. The molecule has 1 aromatic carbocycles. The van der Waals surface area contributed by atoms with Gasteiger partial charge < -0.3 is 14.4 Å². The molecule has 1 amide bonds. The third-order valence-electron chi connectivity index (χ3n) is 3.12. The number of thiophene rings is 1. The molecule has 2 aromatic rings. The molecule has 1 aliphatic heterocycles. The lowest BCUT2D eigenvalue weighted by atomic mass is 10.2. The predicted molar refractivity (Wildman–Crippen MR) is 77.6 cm³/mol. The van der Waals surface area contributed by atoms with Crippen LogP contribution in [-0.4, -0.2) is 37.1 Å². The van der Waals surface area contributed by atoms with Gasteiger partial charge in [-0.2, -0.15) is 0 Å². The van der Waals surface area contributed by atoms with Gasteiger partial charge in [-0.1, -0.05) is 18.2 Å². The van der Waals surface area contributed by atoms with Gasteiger partial charge in [-0.25, -0.2) is 0 Å². The summed E-state index contributed by atoms with van der Waals surface area (Å²) in [6.45, 7) is 0.962. The van der Waals surface area contributed by atoms with Gasteiger partial charge in [-0.15, -0.1) is 11.3 Å². The Morgan fingerprint density at radius 3 is 2.85 bits per heavy atom. The lowest BCUT2D eigenvalue weighted by Gasteiger charge is -2.29. The van der Waals surface area contributed by atoms with Crippen molar-refractivity contribution in [2.75, 3.05) is 20.2 Å². The summed E-state index contributed by atoms with van der Waals surface area (Å²) < 4.78 is 11.5. The van der Waals surface area contributed by atoms with Crippen LogP contribution in [0.4, 0.5) is 0 Å². The van der Waals surface area contributed by atoms with Crippen LogP contribution in [0.1, 0.15) is 9.67 Å². The van der Waals surface area contributed by atoms with Crippen molar-refractivity contribution in [1.29, 1.82) is 0 Å². The number of amides is 1.